The molecule has 22 heavy (non-hydrogen) atoms. The third-order valence-corrected chi connectivity index (χ3v) is 3.27. The largest absolute Gasteiger partial charge is 0.335 e. The minimum Gasteiger partial charge on any atom is -0.285 e. The molecule has 6 heteroatoms. The Labute approximate surface area is 133 Å². The molecule has 0 aliphatic carbocycles. The average molecular weight is 311 g/mol. The molecule has 0 aromatic heterocycles. The molecule has 0 aromatic carbocycles. The van der Waals surface area contributed by atoms with Gasteiger partial charge in [-0.15, -0.1) is 0 Å². The highest BCUT2D eigenvalue weighted by atomic mass is 16.2. The number of carbonyl (C=O) groups excluding carboxylic acids is 3. The standard InChI is InChI=1S/C16H29N3O3/c1-11(2)7-17(8-12(3)4)10-19-15(21)14(20)18(16(19)22)9-13(5)6/h11-13H,7-10H2,1-6H3. The van der Waals surface area contributed by atoms with Crippen molar-refractivity contribution in [3.05, 3.63) is 0 Å². The molecule has 0 spiro atoms. The second kappa shape index (κ2) is 7.72. The molecule has 1 heterocycles. The lowest BCUT2D eigenvalue weighted by molar-refractivity contribution is -0.144. The minimum absolute atomic E-state index is 0.142. The molecule has 6 nitrogen and oxygen atoms in total. The van der Waals surface area contributed by atoms with Crippen LogP contribution in [-0.4, -0.2) is 58.8 Å². The molecule has 1 fully saturated rings. The van der Waals surface area contributed by atoms with Gasteiger partial charge in [0.25, 0.3) is 0 Å². The number of nitrogens with zero attached hydrogens (tertiary/aromatic N) is 3. The van der Waals surface area contributed by atoms with Gasteiger partial charge >= 0.3 is 17.8 Å². The Balaban J connectivity index is 2.83. The molecule has 1 aliphatic rings. The zero-order chi connectivity index (χ0) is 17.0. The van der Waals surface area contributed by atoms with E-state index in [-0.39, 0.29) is 19.1 Å². The van der Waals surface area contributed by atoms with Crippen LogP contribution in [-0.2, 0) is 9.59 Å². The molecule has 0 unspecified atom stereocenters. The summed E-state index contributed by atoms with van der Waals surface area (Å²) in [5.41, 5.74) is 0. The summed E-state index contributed by atoms with van der Waals surface area (Å²) in [6.07, 6.45) is 0. The van der Waals surface area contributed by atoms with E-state index in [1.807, 2.05) is 13.8 Å². The fraction of sp³-hybridized carbons (Fsp3) is 0.812. The van der Waals surface area contributed by atoms with Crippen molar-refractivity contribution in [2.24, 2.45) is 17.8 Å². The Morgan fingerprint density at radius 2 is 1.23 bits per heavy atom. The van der Waals surface area contributed by atoms with Gasteiger partial charge in [-0.25, -0.2) is 9.69 Å². The summed E-state index contributed by atoms with van der Waals surface area (Å²) in [5.74, 6) is -0.415. The first-order valence-electron chi connectivity index (χ1n) is 8.03. The lowest BCUT2D eigenvalue weighted by atomic mass is 10.1. The van der Waals surface area contributed by atoms with Crippen LogP contribution in [0.15, 0.2) is 0 Å². The summed E-state index contributed by atoms with van der Waals surface area (Å²) < 4.78 is 0. The van der Waals surface area contributed by atoms with E-state index in [4.69, 9.17) is 0 Å². The maximum Gasteiger partial charge on any atom is 0.335 e. The van der Waals surface area contributed by atoms with Gasteiger partial charge in [0.15, 0.2) is 0 Å². The molecule has 1 aliphatic heterocycles. The van der Waals surface area contributed by atoms with Gasteiger partial charge < -0.3 is 0 Å². The van der Waals surface area contributed by atoms with Crippen LogP contribution in [0.1, 0.15) is 41.5 Å². The summed E-state index contributed by atoms with van der Waals surface area (Å²) >= 11 is 0. The second-order valence-corrected chi connectivity index (χ2v) is 7.29. The number of amides is 4. The fourth-order valence-electron chi connectivity index (χ4n) is 2.62. The van der Waals surface area contributed by atoms with E-state index in [1.165, 1.54) is 0 Å². The van der Waals surface area contributed by atoms with E-state index in [0.717, 1.165) is 22.9 Å². The van der Waals surface area contributed by atoms with Crippen molar-refractivity contribution in [1.29, 1.82) is 0 Å². The Kier molecular flexibility index (Phi) is 6.53. The molecule has 0 saturated carbocycles. The number of imide groups is 2. The van der Waals surface area contributed by atoms with E-state index in [1.54, 1.807) is 0 Å². The Hall–Kier alpha value is -1.43. The molecule has 0 atom stereocenters. The van der Waals surface area contributed by atoms with Crippen molar-refractivity contribution in [2.75, 3.05) is 26.3 Å². The molecule has 1 saturated heterocycles. The summed E-state index contributed by atoms with van der Waals surface area (Å²) in [6, 6.07) is -0.485. The third kappa shape index (κ3) is 4.80. The van der Waals surface area contributed by atoms with E-state index < -0.39 is 17.8 Å². The zero-order valence-electron chi connectivity index (χ0n) is 14.6. The van der Waals surface area contributed by atoms with Gasteiger partial charge in [0.1, 0.15) is 0 Å². The predicted molar refractivity (Wildman–Crippen MR) is 84.9 cm³/mol. The van der Waals surface area contributed by atoms with Gasteiger partial charge in [0.2, 0.25) is 0 Å². The van der Waals surface area contributed by atoms with E-state index in [2.05, 4.69) is 32.6 Å². The van der Waals surface area contributed by atoms with Crippen molar-refractivity contribution < 1.29 is 14.4 Å². The van der Waals surface area contributed by atoms with Gasteiger partial charge in [0, 0.05) is 19.6 Å². The molecular formula is C16H29N3O3. The number of urea groups is 1. The van der Waals surface area contributed by atoms with E-state index in [9.17, 15) is 14.4 Å². The van der Waals surface area contributed by atoms with Crippen LogP contribution in [0.25, 0.3) is 0 Å². The zero-order valence-corrected chi connectivity index (χ0v) is 14.6. The van der Waals surface area contributed by atoms with Crippen molar-refractivity contribution >= 4 is 17.8 Å². The van der Waals surface area contributed by atoms with Gasteiger partial charge in [-0.2, -0.15) is 0 Å². The Morgan fingerprint density at radius 3 is 1.64 bits per heavy atom. The number of rotatable bonds is 8. The smallest absolute Gasteiger partial charge is 0.285 e. The predicted octanol–water partition coefficient (Wildman–Crippen LogP) is 2.00. The van der Waals surface area contributed by atoms with Crippen LogP contribution in [0.2, 0.25) is 0 Å². The molecule has 1 rings (SSSR count). The highest BCUT2D eigenvalue weighted by Crippen LogP contribution is 2.16. The molecule has 0 aromatic rings. The van der Waals surface area contributed by atoms with Crippen LogP contribution >= 0.6 is 0 Å². The van der Waals surface area contributed by atoms with Crippen LogP contribution in [0.4, 0.5) is 4.79 Å². The minimum atomic E-state index is -0.705. The lowest BCUT2D eigenvalue weighted by Gasteiger charge is -2.29. The average Bonchev–Trinajstić information content (AvgIpc) is 2.54. The Morgan fingerprint density at radius 1 is 0.773 bits per heavy atom. The molecule has 0 radical (unpaired) electrons. The van der Waals surface area contributed by atoms with Crippen LogP contribution < -0.4 is 0 Å². The quantitative estimate of drug-likeness (QED) is 0.508. The maximum absolute atomic E-state index is 12.4. The number of hydrogen-bond donors (Lipinski definition) is 0. The van der Waals surface area contributed by atoms with E-state index in [0.29, 0.717) is 11.8 Å². The molecule has 4 amide bonds. The SMILES string of the molecule is CC(C)CN(CC(C)C)CN1C(=O)C(=O)N(CC(C)C)C1=O. The summed E-state index contributed by atoms with van der Waals surface area (Å²) in [7, 11) is 0. The first kappa shape index (κ1) is 18.6. The van der Waals surface area contributed by atoms with Crippen molar-refractivity contribution in [3.63, 3.8) is 0 Å². The summed E-state index contributed by atoms with van der Waals surface area (Å²) in [5, 5.41) is 0. The van der Waals surface area contributed by atoms with Gasteiger partial charge in [-0.05, 0) is 17.8 Å². The molecular weight excluding hydrogens is 282 g/mol. The van der Waals surface area contributed by atoms with Gasteiger partial charge in [-0.1, -0.05) is 41.5 Å². The molecule has 126 valence electrons. The molecule has 0 bridgehead atoms. The number of carbonyl (C=O) groups is 3. The van der Waals surface area contributed by atoms with Crippen molar-refractivity contribution in [3.8, 4) is 0 Å². The highest BCUT2D eigenvalue weighted by Gasteiger charge is 2.44. The second-order valence-electron chi connectivity index (χ2n) is 7.29. The Bertz CT molecular complexity index is 422. The van der Waals surface area contributed by atoms with Gasteiger partial charge in [-0.3, -0.25) is 19.4 Å². The third-order valence-electron chi connectivity index (χ3n) is 3.27. The monoisotopic (exact) mass is 311 g/mol. The van der Waals surface area contributed by atoms with E-state index >= 15 is 0 Å². The normalized spacial score (nSPS) is 16.4. The summed E-state index contributed by atoms with van der Waals surface area (Å²) in [4.78, 5) is 40.6. The topological polar surface area (TPSA) is 60.9 Å². The number of hydrogen-bond acceptors (Lipinski definition) is 4. The van der Waals surface area contributed by atoms with Gasteiger partial charge in [0.05, 0.1) is 6.67 Å². The van der Waals surface area contributed by atoms with Crippen LogP contribution in [0.5, 0.6) is 0 Å². The van der Waals surface area contributed by atoms with Crippen LogP contribution in [0, 0.1) is 17.8 Å². The lowest BCUT2D eigenvalue weighted by Crippen LogP contribution is -2.45. The van der Waals surface area contributed by atoms with Crippen molar-refractivity contribution in [1.82, 2.24) is 14.7 Å². The fourth-order valence-corrected chi connectivity index (χ4v) is 2.62. The van der Waals surface area contributed by atoms with Crippen LogP contribution in [0.3, 0.4) is 0 Å². The first-order valence-corrected chi connectivity index (χ1v) is 8.03. The van der Waals surface area contributed by atoms with Crippen molar-refractivity contribution in [2.45, 2.75) is 41.5 Å². The molecule has 0 N–H and O–H groups in total. The first-order chi connectivity index (χ1) is 10.1. The summed E-state index contributed by atoms with van der Waals surface area (Å²) in [6.45, 7) is 14.3. The highest BCUT2D eigenvalue weighted by molar-refractivity contribution is 6.44. The maximum atomic E-state index is 12.4.